The van der Waals surface area contributed by atoms with E-state index < -0.39 is 0 Å². The van der Waals surface area contributed by atoms with Crippen LogP contribution in [0.1, 0.15) is 22.3 Å². The van der Waals surface area contributed by atoms with Gasteiger partial charge in [-0.05, 0) is 37.7 Å². The fourth-order valence-electron chi connectivity index (χ4n) is 2.07. The van der Waals surface area contributed by atoms with Gasteiger partial charge in [-0.15, -0.1) is 0 Å². The summed E-state index contributed by atoms with van der Waals surface area (Å²) in [5.74, 6) is 0.0337. The van der Waals surface area contributed by atoms with Crippen molar-refractivity contribution >= 4 is 21.8 Å². The lowest BCUT2D eigenvalue weighted by Gasteiger charge is -2.12. The zero-order chi connectivity index (χ0) is 12.3. The summed E-state index contributed by atoms with van der Waals surface area (Å²) >= 11 is 3.39. The molecule has 0 bridgehead atoms. The maximum atomic E-state index is 12.0. The molecule has 0 aliphatic carbocycles. The van der Waals surface area contributed by atoms with Gasteiger partial charge in [-0.2, -0.15) is 0 Å². The summed E-state index contributed by atoms with van der Waals surface area (Å²) in [6.07, 6.45) is 1.04. The number of benzene rings is 1. The van der Waals surface area contributed by atoms with Crippen LogP contribution in [-0.4, -0.2) is 37.0 Å². The van der Waals surface area contributed by atoms with Crippen LogP contribution >= 0.6 is 15.9 Å². The first-order chi connectivity index (χ1) is 8.19. The van der Waals surface area contributed by atoms with E-state index in [1.807, 2.05) is 24.3 Å². The van der Waals surface area contributed by atoms with Gasteiger partial charge >= 0.3 is 0 Å². The van der Waals surface area contributed by atoms with Crippen LogP contribution in [0.3, 0.4) is 0 Å². The number of carbonyl (C=O) groups excluding carboxylic acids is 1. The predicted octanol–water partition coefficient (Wildman–Crippen LogP) is 2.02. The fourth-order valence-corrected chi connectivity index (χ4v) is 2.44. The highest BCUT2D eigenvalue weighted by atomic mass is 79.9. The number of amides is 1. The van der Waals surface area contributed by atoms with Gasteiger partial charge in [-0.1, -0.05) is 28.1 Å². The van der Waals surface area contributed by atoms with Crippen molar-refractivity contribution in [2.75, 3.05) is 20.1 Å². The number of nitrogens with one attached hydrogen (secondary N) is 1. The van der Waals surface area contributed by atoms with Crippen molar-refractivity contribution < 1.29 is 4.79 Å². The van der Waals surface area contributed by atoms with Crippen LogP contribution < -0.4 is 5.32 Å². The number of hydrogen-bond acceptors (Lipinski definition) is 2. The number of rotatable bonds is 3. The van der Waals surface area contributed by atoms with Gasteiger partial charge in [-0.25, -0.2) is 0 Å². The van der Waals surface area contributed by atoms with Crippen LogP contribution in [0.15, 0.2) is 24.3 Å². The van der Waals surface area contributed by atoms with Crippen LogP contribution in [-0.2, 0) is 5.33 Å². The highest BCUT2D eigenvalue weighted by molar-refractivity contribution is 9.08. The molecule has 1 aliphatic rings. The maximum absolute atomic E-state index is 12.0. The summed E-state index contributed by atoms with van der Waals surface area (Å²) in [5, 5.41) is 3.89. The molecule has 1 atom stereocenters. The molecule has 17 heavy (non-hydrogen) atoms. The lowest BCUT2D eigenvalue weighted by molar-refractivity contribution is 0.0938. The lowest BCUT2D eigenvalue weighted by atomic mass is 10.1. The van der Waals surface area contributed by atoms with E-state index in [0.29, 0.717) is 6.04 Å². The fraction of sp³-hybridized carbons (Fsp3) is 0.462. The van der Waals surface area contributed by atoms with Gasteiger partial charge in [0, 0.05) is 23.5 Å². The molecular formula is C13H17BrN2O. The smallest absolute Gasteiger partial charge is 0.251 e. The summed E-state index contributed by atoms with van der Waals surface area (Å²) in [6, 6.07) is 8.01. The summed E-state index contributed by atoms with van der Waals surface area (Å²) in [5.41, 5.74) is 1.92. The SMILES string of the molecule is CN1CCC(NC(=O)c2ccc(CBr)cc2)C1. The van der Waals surface area contributed by atoms with Crippen molar-refractivity contribution in [3.63, 3.8) is 0 Å². The average Bonchev–Trinajstić information content (AvgIpc) is 2.75. The van der Waals surface area contributed by atoms with E-state index in [4.69, 9.17) is 0 Å². The van der Waals surface area contributed by atoms with Crippen molar-refractivity contribution in [3.8, 4) is 0 Å². The molecule has 1 aliphatic heterocycles. The zero-order valence-corrected chi connectivity index (χ0v) is 11.5. The minimum absolute atomic E-state index is 0.0337. The first kappa shape index (κ1) is 12.6. The topological polar surface area (TPSA) is 32.3 Å². The predicted molar refractivity (Wildman–Crippen MR) is 72.4 cm³/mol. The summed E-state index contributed by atoms with van der Waals surface area (Å²) in [7, 11) is 2.08. The van der Waals surface area contributed by atoms with E-state index in [0.717, 1.165) is 30.4 Å². The quantitative estimate of drug-likeness (QED) is 0.866. The Balaban J connectivity index is 1.94. The van der Waals surface area contributed by atoms with E-state index in [-0.39, 0.29) is 5.91 Å². The van der Waals surface area contributed by atoms with Gasteiger partial charge in [0.2, 0.25) is 0 Å². The van der Waals surface area contributed by atoms with Crippen molar-refractivity contribution in [2.45, 2.75) is 17.8 Å². The highest BCUT2D eigenvalue weighted by Gasteiger charge is 2.21. The van der Waals surface area contributed by atoms with Crippen LogP contribution in [0.25, 0.3) is 0 Å². The third-order valence-corrected chi connectivity index (χ3v) is 3.74. The summed E-state index contributed by atoms with van der Waals surface area (Å²) in [4.78, 5) is 14.2. The summed E-state index contributed by atoms with van der Waals surface area (Å²) < 4.78 is 0. The molecule has 1 amide bonds. The number of carbonyl (C=O) groups is 1. The van der Waals surface area contributed by atoms with Crippen molar-refractivity contribution in [1.29, 1.82) is 0 Å². The molecule has 92 valence electrons. The van der Waals surface area contributed by atoms with E-state index in [9.17, 15) is 4.79 Å². The molecule has 2 rings (SSSR count). The molecule has 0 aromatic heterocycles. The average molecular weight is 297 g/mol. The van der Waals surface area contributed by atoms with Crippen molar-refractivity contribution in [1.82, 2.24) is 10.2 Å². The van der Waals surface area contributed by atoms with E-state index >= 15 is 0 Å². The molecule has 3 nitrogen and oxygen atoms in total. The first-order valence-corrected chi connectivity index (χ1v) is 6.95. The third kappa shape index (κ3) is 3.30. The second-order valence-corrected chi connectivity index (χ2v) is 5.11. The van der Waals surface area contributed by atoms with Crippen LogP contribution in [0.2, 0.25) is 0 Å². The Labute approximate surface area is 110 Å². The Morgan fingerprint density at radius 1 is 1.47 bits per heavy atom. The second kappa shape index (κ2) is 5.65. The van der Waals surface area contributed by atoms with Crippen molar-refractivity contribution in [3.05, 3.63) is 35.4 Å². The lowest BCUT2D eigenvalue weighted by Crippen LogP contribution is -2.36. The molecule has 1 N–H and O–H groups in total. The van der Waals surface area contributed by atoms with Gasteiger partial charge < -0.3 is 10.2 Å². The Kier molecular flexibility index (Phi) is 4.18. The molecule has 1 aromatic carbocycles. The number of halogens is 1. The molecule has 1 saturated heterocycles. The highest BCUT2D eigenvalue weighted by Crippen LogP contribution is 2.10. The molecular weight excluding hydrogens is 280 g/mol. The monoisotopic (exact) mass is 296 g/mol. The standard InChI is InChI=1S/C13H17BrN2O/c1-16-7-6-12(9-16)15-13(17)11-4-2-10(8-14)3-5-11/h2-5,12H,6-9H2,1H3,(H,15,17). The largest absolute Gasteiger partial charge is 0.348 e. The molecule has 1 heterocycles. The van der Waals surface area contributed by atoms with E-state index in [1.54, 1.807) is 0 Å². The Morgan fingerprint density at radius 3 is 2.71 bits per heavy atom. The Bertz CT molecular complexity index is 391. The second-order valence-electron chi connectivity index (χ2n) is 4.55. The summed E-state index contributed by atoms with van der Waals surface area (Å²) in [6.45, 7) is 2.01. The number of nitrogens with zero attached hydrogens (tertiary/aromatic N) is 1. The number of hydrogen-bond donors (Lipinski definition) is 1. The van der Waals surface area contributed by atoms with Gasteiger partial charge in [-0.3, -0.25) is 4.79 Å². The van der Waals surface area contributed by atoms with Gasteiger partial charge in [0.15, 0.2) is 0 Å². The number of likely N-dealkylation sites (tertiary alicyclic amines) is 1. The molecule has 0 spiro atoms. The van der Waals surface area contributed by atoms with Crippen LogP contribution in [0.5, 0.6) is 0 Å². The van der Waals surface area contributed by atoms with Crippen LogP contribution in [0, 0.1) is 0 Å². The Hall–Kier alpha value is -0.870. The first-order valence-electron chi connectivity index (χ1n) is 5.83. The minimum Gasteiger partial charge on any atom is -0.348 e. The van der Waals surface area contributed by atoms with Gasteiger partial charge in [0.25, 0.3) is 5.91 Å². The molecule has 4 heteroatoms. The normalized spacial score (nSPS) is 20.5. The Morgan fingerprint density at radius 2 is 2.18 bits per heavy atom. The van der Waals surface area contributed by atoms with Gasteiger partial charge in [0.1, 0.15) is 0 Å². The molecule has 1 fully saturated rings. The minimum atomic E-state index is 0.0337. The van der Waals surface area contributed by atoms with E-state index in [2.05, 4.69) is 33.2 Å². The van der Waals surface area contributed by atoms with E-state index in [1.165, 1.54) is 5.56 Å². The molecule has 1 unspecified atom stereocenters. The molecule has 1 aromatic rings. The van der Waals surface area contributed by atoms with Crippen LogP contribution in [0.4, 0.5) is 0 Å². The zero-order valence-electron chi connectivity index (χ0n) is 9.95. The van der Waals surface area contributed by atoms with Gasteiger partial charge in [0.05, 0.1) is 0 Å². The maximum Gasteiger partial charge on any atom is 0.251 e. The number of alkyl halides is 1. The molecule has 0 saturated carbocycles. The molecule has 0 radical (unpaired) electrons. The van der Waals surface area contributed by atoms with Crippen molar-refractivity contribution in [2.24, 2.45) is 0 Å². The third-order valence-electron chi connectivity index (χ3n) is 3.10. The number of likely N-dealkylation sites (N-methyl/N-ethyl adjacent to an activating group) is 1.